The van der Waals surface area contributed by atoms with E-state index in [0.717, 1.165) is 25.5 Å². The Hall–Kier alpha value is -2.96. The van der Waals surface area contributed by atoms with Gasteiger partial charge in [-0.3, -0.25) is 0 Å². The molecule has 0 radical (unpaired) electrons. The maximum absolute atomic E-state index is 4.83. The summed E-state index contributed by atoms with van der Waals surface area (Å²) in [5, 5.41) is 2.58. The van der Waals surface area contributed by atoms with Crippen LogP contribution in [0.2, 0.25) is 0 Å². The smallest absolute Gasteiger partial charge is 0.382 e. The third-order valence-corrected chi connectivity index (χ3v) is 6.43. The number of hydrogen-bond donors (Lipinski definition) is 0. The van der Waals surface area contributed by atoms with E-state index in [-0.39, 0.29) is 24.3 Å². The number of fused-ring (bicyclic) bond motifs is 1. The summed E-state index contributed by atoms with van der Waals surface area (Å²) in [5.74, 6) is 1.07. The average Bonchev–Trinajstić information content (AvgIpc) is 3.50. The molecule has 1 aromatic heterocycles. The quantitative estimate of drug-likeness (QED) is 0.274. The molecule has 0 aliphatic rings. The monoisotopic (exact) mass is 456 g/mol. The van der Waals surface area contributed by atoms with Crippen molar-refractivity contribution in [2.45, 2.75) is 25.7 Å². The Labute approximate surface area is 221 Å². The number of aromatic nitrogens is 2. The molecule has 0 saturated heterocycles. The van der Waals surface area contributed by atoms with E-state index >= 15 is 0 Å². The van der Waals surface area contributed by atoms with Crippen molar-refractivity contribution in [1.29, 1.82) is 0 Å². The molecule has 0 aliphatic heterocycles. The fourth-order valence-electron chi connectivity index (χ4n) is 4.75. The minimum atomic E-state index is -0.329. The van der Waals surface area contributed by atoms with Crippen LogP contribution < -0.4 is 18.9 Å². The Morgan fingerprint density at radius 3 is 1.89 bits per heavy atom. The number of rotatable bonds is 7. The van der Waals surface area contributed by atoms with E-state index in [1.165, 1.54) is 27.5 Å². The second kappa shape index (κ2) is 12.7. The van der Waals surface area contributed by atoms with Crippen molar-refractivity contribution in [3.8, 4) is 0 Å². The third-order valence-electron chi connectivity index (χ3n) is 6.43. The Morgan fingerprint density at radius 1 is 0.800 bits per heavy atom. The number of hydrogen-bond acceptors (Lipinski definition) is 2. The molecular formula is C31H33LiN2O. The van der Waals surface area contributed by atoms with Gasteiger partial charge in [0.1, 0.15) is 5.82 Å². The van der Waals surface area contributed by atoms with Gasteiger partial charge in [0, 0.05) is 44.5 Å². The number of ether oxygens (including phenoxy) is 1. The first-order chi connectivity index (χ1) is 16.7. The van der Waals surface area contributed by atoms with Gasteiger partial charge in [-0.25, -0.2) is 4.98 Å². The van der Waals surface area contributed by atoms with Gasteiger partial charge >= 0.3 is 18.9 Å². The summed E-state index contributed by atoms with van der Waals surface area (Å²) in [6, 6.07) is 34.9. The Bertz CT molecular complexity index is 1250. The zero-order valence-corrected chi connectivity index (χ0v) is 21.3. The van der Waals surface area contributed by atoms with Crippen LogP contribution in [0.25, 0.3) is 10.8 Å². The Balaban J connectivity index is 0.000000521. The summed E-state index contributed by atoms with van der Waals surface area (Å²) in [4.78, 5) is 4.70. The van der Waals surface area contributed by atoms with Crippen molar-refractivity contribution in [1.82, 2.24) is 9.55 Å². The summed E-state index contributed by atoms with van der Waals surface area (Å²) in [5.41, 5.74) is 3.56. The molecule has 0 spiro atoms. The first-order valence-electron chi connectivity index (χ1n) is 12.0. The van der Waals surface area contributed by atoms with Gasteiger partial charge in [-0.2, -0.15) is 6.07 Å². The fourth-order valence-corrected chi connectivity index (χ4v) is 4.75. The molecule has 0 aliphatic carbocycles. The van der Waals surface area contributed by atoms with Crippen molar-refractivity contribution >= 4 is 10.8 Å². The summed E-state index contributed by atoms with van der Waals surface area (Å²) in [7, 11) is 2.08. The van der Waals surface area contributed by atoms with E-state index in [0.29, 0.717) is 0 Å². The minimum absolute atomic E-state index is 0. The molecule has 5 rings (SSSR count). The predicted octanol–water partition coefficient (Wildman–Crippen LogP) is 3.92. The van der Waals surface area contributed by atoms with Gasteiger partial charge in [0.2, 0.25) is 0 Å². The van der Waals surface area contributed by atoms with Crippen molar-refractivity contribution in [3.63, 3.8) is 0 Å². The molecule has 0 bridgehead atoms. The maximum Gasteiger partial charge on any atom is 1.00 e. The average molecular weight is 457 g/mol. The van der Waals surface area contributed by atoms with Gasteiger partial charge in [-0.15, -0.1) is 40.6 Å². The second-order valence-corrected chi connectivity index (χ2v) is 8.38. The molecule has 35 heavy (non-hydrogen) atoms. The second-order valence-electron chi connectivity index (χ2n) is 8.38. The molecule has 0 atom stereocenters. The first kappa shape index (κ1) is 26.6. The van der Waals surface area contributed by atoms with Crippen molar-refractivity contribution in [2.24, 2.45) is 7.05 Å². The van der Waals surface area contributed by atoms with Crippen LogP contribution in [0.3, 0.4) is 0 Å². The van der Waals surface area contributed by atoms with E-state index in [4.69, 9.17) is 9.72 Å². The third kappa shape index (κ3) is 5.65. The Morgan fingerprint density at radius 2 is 1.37 bits per heavy atom. The standard InChI is InChI=1S/C27H23N2.C4H10O.Li/c1-29-19-18-28-26(29)20-27(22-11-4-2-5-12-22,23-13-6-3-7-14-23)25-17-16-21-10-8-9-15-24(21)25;1-3-5-4-2;/h2-19H,20H2,1H3;3-4H2,1-2H3;/q-1;;+1. The molecular weight excluding hydrogens is 423 g/mol. The topological polar surface area (TPSA) is 27.1 Å². The number of imidazole rings is 1. The van der Waals surface area contributed by atoms with Crippen molar-refractivity contribution in [2.75, 3.05) is 13.2 Å². The molecule has 1 heterocycles. The summed E-state index contributed by atoms with van der Waals surface area (Å²) >= 11 is 0. The van der Waals surface area contributed by atoms with Crippen LogP contribution in [0, 0.1) is 0 Å². The van der Waals surface area contributed by atoms with Crippen LogP contribution in [0.5, 0.6) is 0 Å². The van der Waals surface area contributed by atoms with E-state index < -0.39 is 0 Å². The molecule has 0 N–H and O–H groups in total. The number of nitrogens with zero attached hydrogens (tertiary/aromatic N) is 2. The summed E-state index contributed by atoms with van der Waals surface area (Å²) in [6.45, 7) is 5.67. The van der Waals surface area contributed by atoms with E-state index in [1.54, 1.807) is 0 Å². The van der Waals surface area contributed by atoms with E-state index in [2.05, 4.69) is 109 Å². The number of benzene rings is 3. The predicted molar refractivity (Wildman–Crippen MR) is 141 cm³/mol. The van der Waals surface area contributed by atoms with Crippen molar-refractivity contribution in [3.05, 3.63) is 132 Å². The van der Waals surface area contributed by atoms with E-state index in [9.17, 15) is 0 Å². The number of aryl methyl sites for hydroxylation is 1. The van der Waals surface area contributed by atoms with Gasteiger partial charge in [0.15, 0.2) is 0 Å². The SMILES string of the molecule is CCOCC.Cn1ccnc1CC(c1ccccc1)(c1ccccc1)[c-]1ccc2ccccc21.[Li+]. The molecule has 4 heteroatoms. The zero-order chi connectivity index (χ0) is 23.8. The van der Waals surface area contributed by atoms with Gasteiger partial charge in [0.05, 0.1) is 0 Å². The van der Waals surface area contributed by atoms with Crippen LogP contribution in [0.1, 0.15) is 36.4 Å². The van der Waals surface area contributed by atoms with Gasteiger partial charge in [0.25, 0.3) is 0 Å². The van der Waals surface area contributed by atoms with Gasteiger partial charge in [-0.05, 0) is 25.0 Å². The maximum atomic E-state index is 4.83. The molecule has 174 valence electrons. The fraction of sp³-hybridized carbons (Fsp3) is 0.226. The molecule has 0 unspecified atom stereocenters. The largest absolute Gasteiger partial charge is 1.00 e. The molecule has 4 aromatic carbocycles. The zero-order valence-electron chi connectivity index (χ0n) is 21.3. The first-order valence-corrected chi connectivity index (χ1v) is 12.0. The van der Waals surface area contributed by atoms with Crippen LogP contribution in [0.4, 0.5) is 0 Å². The van der Waals surface area contributed by atoms with Crippen LogP contribution in [0.15, 0.2) is 109 Å². The molecule has 3 nitrogen and oxygen atoms in total. The summed E-state index contributed by atoms with van der Waals surface area (Å²) in [6.07, 6.45) is 4.71. The minimum Gasteiger partial charge on any atom is -0.382 e. The van der Waals surface area contributed by atoms with Crippen molar-refractivity contribution < 1.29 is 23.6 Å². The van der Waals surface area contributed by atoms with Gasteiger partial charge < -0.3 is 9.30 Å². The summed E-state index contributed by atoms with van der Waals surface area (Å²) < 4.78 is 6.96. The molecule has 0 fully saturated rings. The van der Waals surface area contributed by atoms with Crippen LogP contribution >= 0.6 is 0 Å². The Kier molecular flexibility index (Phi) is 9.63. The normalized spacial score (nSPS) is 10.9. The van der Waals surface area contributed by atoms with Gasteiger partial charge in [-0.1, -0.05) is 66.7 Å². The molecule has 5 aromatic rings. The molecule has 0 amide bonds. The molecule has 0 saturated carbocycles. The van der Waals surface area contributed by atoms with E-state index in [1.807, 2.05) is 26.2 Å². The van der Waals surface area contributed by atoms with Crippen LogP contribution in [-0.4, -0.2) is 22.8 Å². The van der Waals surface area contributed by atoms with Crippen LogP contribution in [-0.2, 0) is 23.6 Å².